The summed E-state index contributed by atoms with van der Waals surface area (Å²) in [7, 11) is 1.21. The molecule has 12 heteroatoms. The lowest BCUT2D eigenvalue weighted by Crippen LogP contribution is -2.09. The third-order valence-corrected chi connectivity index (χ3v) is 4.59. The third kappa shape index (κ3) is 3.54. The fourth-order valence-electron chi connectivity index (χ4n) is 1.87. The van der Waals surface area contributed by atoms with E-state index in [1.165, 1.54) is 6.07 Å². The Labute approximate surface area is 138 Å². The third-order valence-electron chi connectivity index (χ3n) is 2.89. The molecular formula is C11H9Cl2F3N4O2S. The van der Waals surface area contributed by atoms with Crippen LogP contribution in [0.15, 0.2) is 17.0 Å². The maximum absolute atomic E-state index is 12.6. The van der Waals surface area contributed by atoms with Gasteiger partial charge in [-0.2, -0.15) is 22.8 Å². The van der Waals surface area contributed by atoms with E-state index in [-0.39, 0.29) is 15.6 Å². The second-order valence-corrected chi connectivity index (χ2v) is 7.35. The zero-order valence-electron chi connectivity index (χ0n) is 11.4. The lowest BCUT2D eigenvalue weighted by molar-refractivity contribution is -0.144. The number of benzene rings is 1. The Morgan fingerprint density at radius 3 is 2.39 bits per heavy atom. The van der Waals surface area contributed by atoms with Gasteiger partial charge in [0.1, 0.15) is 0 Å². The molecule has 2 aromatic rings. The van der Waals surface area contributed by atoms with Crippen LogP contribution < -0.4 is 5.73 Å². The van der Waals surface area contributed by atoms with Crippen LogP contribution in [0.2, 0.25) is 5.02 Å². The van der Waals surface area contributed by atoms with Gasteiger partial charge < -0.3 is 5.73 Å². The Hall–Kier alpha value is -1.52. The molecule has 0 saturated carbocycles. The van der Waals surface area contributed by atoms with E-state index in [0.29, 0.717) is 16.7 Å². The zero-order chi connectivity index (χ0) is 17.6. The molecular weight excluding hydrogens is 380 g/mol. The minimum Gasteiger partial charge on any atom is -0.368 e. The average Bonchev–Trinajstić information content (AvgIpc) is 2.79. The van der Waals surface area contributed by atoms with E-state index in [9.17, 15) is 21.6 Å². The Kier molecular flexibility index (Phi) is 4.53. The molecule has 0 atom stereocenters. The molecule has 0 aliphatic rings. The maximum atomic E-state index is 12.6. The second kappa shape index (κ2) is 5.84. The molecule has 0 radical (unpaired) electrons. The van der Waals surface area contributed by atoms with Crippen molar-refractivity contribution in [1.29, 1.82) is 0 Å². The number of aryl methyl sites for hydroxylation is 1. The van der Waals surface area contributed by atoms with Gasteiger partial charge in [0.05, 0.1) is 15.6 Å². The van der Waals surface area contributed by atoms with Gasteiger partial charge in [0.2, 0.25) is 5.95 Å². The highest BCUT2D eigenvalue weighted by molar-refractivity contribution is 8.13. The van der Waals surface area contributed by atoms with Gasteiger partial charge in [0, 0.05) is 10.7 Å². The van der Waals surface area contributed by atoms with Crippen LogP contribution in [0.3, 0.4) is 0 Å². The lowest BCUT2D eigenvalue weighted by atomic mass is 10.1. The first-order chi connectivity index (χ1) is 10.4. The summed E-state index contributed by atoms with van der Waals surface area (Å²) in [4.78, 5) is 2.81. The van der Waals surface area contributed by atoms with E-state index in [0.717, 1.165) is 6.07 Å². The molecule has 0 fully saturated rings. The molecule has 1 aromatic carbocycles. The van der Waals surface area contributed by atoms with E-state index in [1.54, 1.807) is 6.92 Å². The normalized spacial score (nSPS) is 12.6. The SMILES string of the molecule is CCc1cc(Cl)c(-n2nc(C(F)(F)F)nc2N)cc1S(=O)(=O)Cl. The van der Waals surface area contributed by atoms with Gasteiger partial charge in [0.15, 0.2) is 0 Å². The molecule has 0 saturated heterocycles. The van der Waals surface area contributed by atoms with E-state index in [2.05, 4.69) is 10.1 Å². The number of anilines is 1. The molecule has 1 heterocycles. The van der Waals surface area contributed by atoms with Crippen LogP contribution in [-0.4, -0.2) is 23.2 Å². The Balaban J connectivity index is 2.72. The van der Waals surface area contributed by atoms with Crippen LogP contribution in [0.5, 0.6) is 0 Å². The fraction of sp³-hybridized carbons (Fsp3) is 0.273. The van der Waals surface area contributed by atoms with E-state index in [1.807, 2.05) is 0 Å². The minimum atomic E-state index is -4.81. The summed E-state index contributed by atoms with van der Waals surface area (Å²) >= 11 is 6.00. The predicted molar refractivity (Wildman–Crippen MR) is 78.2 cm³/mol. The summed E-state index contributed by atoms with van der Waals surface area (Å²) in [5.41, 5.74) is 5.55. The standard InChI is InChI=1S/C11H9Cl2F3N4O2S/c1-2-5-3-6(12)7(4-8(5)23(13,21)22)20-10(17)18-9(19-20)11(14,15)16/h3-4H,2H2,1H3,(H2,17,18,19). The average molecular weight is 389 g/mol. The molecule has 2 rings (SSSR count). The van der Waals surface area contributed by atoms with E-state index >= 15 is 0 Å². The molecule has 2 N–H and O–H groups in total. The van der Waals surface area contributed by atoms with Gasteiger partial charge in [0.25, 0.3) is 14.9 Å². The maximum Gasteiger partial charge on any atom is 0.453 e. The fourth-order valence-corrected chi connectivity index (χ4v) is 3.34. The molecule has 1 aromatic heterocycles. The summed E-state index contributed by atoms with van der Waals surface area (Å²) in [6, 6.07) is 2.29. The molecule has 0 spiro atoms. The summed E-state index contributed by atoms with van der Waals surface area (Å²) in [6.45, 7) is 1.67. The van der Waals surface area contributed by atoms with Crippen molar-refractivity contribution in [3.8, 4) is 5.69 Å². The van der Waals surface area contributed by atoms with Crippen molar-refractivity contribution in [1.82, 2.24) is 14.8 Å². The van der Waals surface area contributed by atoms with Gasteiger partial charge in [-0.15, -0.1) is 5.10 Å². The number of aromatic nitrogens is 3. The van der Waals surface area contributed by atoms with Gasteiger partial charge >= 0.3 is 6.18 Å². The summed E-state index contributed by atoms with van der Waals surface area (Å²) in [6.07, 6.45) is -4.52. The van der Waals surface area contributed by atoms with Crippen molar-refractivity contribution in [2.75, 3.05) is 5.73 Å². The van der Waals surface area contributed by atoms with Gasteiger partial charge in [-0.3, -0.25) is 0 Å². The van der Waals surface area contributed by atoms with Crippen LogP contribution in [0.25, 0.3) is 5.69 Å². The number of hydrogen-bond donors (Lipinski definition) is 1. The number of rotatable bonds is 3. The predicted octanol–water partition coefficient (Wildman–Crippen LogP) is 3.01. The highest BCUT2D eigenvalue weighted by Crippen LogP contribution is 2.32. The molecule has 23 heavy (non-hydrogen) atoms. The molecule has 0 bridgehead atoms. The molecule has 0 unspecified atom stereocenters. The molecule has 0 amide bonds. The second-order valence-electron chi connectivity index (χ2n) is 4.41. The van der Waals surface area contributed by atoms with E-state index < -0.39 is 27.0 Å². The Bertz CT molecular complexity index is 865. The molecule has 0 aliphatic carbocycles. The quantitative estimate of drug-likeness (QED) is 0.815. The van der Waals surface area contributed by atoms with Gasteiger partial charge in [-0.05, 0) is 24.1 Å². The highest BCUT2D eigenvalue weighted by atomic mass is 35.7. The molecule has 6 nitrogen and oxygen atoms in total. The van der Waals surface area contributed by atoms with Crippen molar-refractivity contribution in [2.45, 2.75) is 24.4 Å². The van der Waals surface area contributed by atoms with E-state index in [4.69, 9.17) is 28.0 Å². The van der Waals surface area contributed by atoms with Crippen molar-refractivity contribution in [3.05, 3.63) is 28.5 Å². The van der Waals surface area contributed by atoms with Crippen molar-refractivity contribution < 1.29 is 21.6 Å². The van der Waals surface area contributed by atoms with Crippen LogP contribution >= 0.6 is 22.3 Å². The first kappa shape index (κ1) is 17.8. The Morgan fingerprint density at radius 1 is 1.35 bits per heavy atom. The number of nitrogens with zero attached hydrogens (tertiary/aromatic N) is 3. The Morgan fingerprint density at radius 2 is 1.96 bits per heavy atom. The largest absolute Gasteiger partial charge is 0.453 e. The molecule has 126 valence electrons. The van der Waals surface area contributed by atoms with Gasteiger partial charge in [-0.25, -0.2) is 8.42 Å². The lowest BCUT2D eigenvalue weighted by Gasteiger charge is -2.11. The topological polar surface area (TPSA) is 90.9 Å². The first-order valence-electron chi connectivity index (χ1n) is 6.02. The van der Waals surface area contributed by atoms with Crippen molar-refractivity contribution in [3.63, 3.8) is 0 Å². The van der Waals surface area contributed by atoms with Crippen LogP contribution in [0, 0.1) is 0 Å². The van der Waals surface area contributed by atoms with Crippen LogP contribution in [0.4, 0.5) is 19.1 Å². The van der Waals surface area contributed by atoms with Crippen molar-refractivity contribution >= 4 is 37.3 Å². The number of nitrogens with two attached hydrogens (primary N) is 1. The summed E-state index contributed by atoms with van der Waals surface area (Å²) in [5, 5.41) is 3.18. The summed E-state index contributed by atoms with van der Waals surface area (Å²) < 4.78 is 61.8. The minimum absolute atomic E-state index is 0.0451. The number of nitrogen functional groups attached to an aromatic ring is 1. The molecule has 0 aliphatic heterocycles. The summed E-state index contributed by atoms with van der Waals surface area (Å²) in [5.74, 6) is -2.07. The first-order valence-corrected chi connectivity index (χ1v) is 8.71. The van der Waals surface area contributed by atoms with Crippen LogP contribution in [0.1, 0.15) is 18.3 Å². The number of halogens is 5. The number of hydrogen-bond acceptors (Lipinski definition) is 5. The van der Waals surface area contributed by atoms with Crippen molar-refractivity contribution in [2.24, 2.45) is 0 Å². The monoisotopic (exact) mass is 388 g/mol. The zero-order valence-corrected chi connectivity index (χ0v) is 13.7. The highest BCUT2D eigenvalue weighted by Gasteiger charge is 2.37. The smallest absolute Gasteiger partial charge is 0.368 e. The van der Waals surface area contributed by atoms with Gasteiger partial charge in [-0.1, -0.05) is 18.5 Å². The van der Waals surface area contributed by atoms with Crippen LogP contribution in [-0.2, 0) is 21.6 Å². The number of alkyl halides is 3.